The standard InChI is InChI=1S/C11H16BrNO3S2/c1-13(7-9-3-2-6-16-8-9)18(14,15)11-5-4-10(12)17-11/h4-5,9H,2-3,6-8H2,1H3. The minimum absolute atomic E-state index is 0.307. The molecule has 2 rings (SSSR count). The number of hydrogen-bond acceptors (Lipinski definition) is 4. The molecule has 0 radical (unpaired) electrons. The molecular weight excluding hydrogens is 338 g/mol. The third-order valence-electron chi connectivity index (χ3n) is 2.98. The lowest BCUT2D eigenvalue weighted by molar-refractivity contribution is 0.0495. The molecule has 0 bridgehead atoms. The summed E-state index contributed by atoms with van der Waals surface area (Å²) in [6.45, 7) is 1.98. The monoisotopic (exact) mass is 353 g/mol. The summed E-state index contributed by atoms with van der Waals surface area (Å²) in [4.78, 5) is 0. The summed E-state index contributed by atoms with van der Waals surface area (Å²) in [5, 5.41) is 0. The van der Waals surface area contributed by atoms with Crippen LogP contribution in [0.2, 0.25) is 0 Å². The van der Waals surface area contributed by atoms with Gasteiger partial charge in [-0.3, -0.25) is 0 Å². The van der Waals surface area contributed by atoms with E-state index in [1.54, 1.807) is 19.2 Å². The Morgan fingerprint density at radius 1 is 1.56 bits per heavy atom. The van der Waals surface area contributed by atoms with Crippen molar-refractivity contribution in [3.05, 3.63) is 15.9 Å². The van der Waals surface area contributed by atoms with Gasteiger partial charge in [0.2, 0.25) is 0 Å². The van der Waals surface area contributed by atoms with Gasteiger partial charge >= 0.3 is 0 Å². The highest BCUT2D eigenvalue weighted by Gasteiger charge is 2.26. The van der Waals surface area contributed by atoms with Gasteiger partial charge in [0.05, 0.1) is 10.4 Å². The maximum absolute atomic E-state index is 12.3. The summed E-state index contributed by atoms with van der Waals surface area (Å²) in [7, 11) is -1.71. The van der Waals surface area contributed by atoms with Crippen LogP contribution in [0.15, 0.2) is 20.1 Å². The molecule has 0 aliphatic carbocycles. The molecule has 102 valence electrons. The second-order valence-electron chi connectivity index (χ2n) is 4.43. The van der Waals surface area contributed by atoms with Crippen LogP contribution in [0.5, 0.6) is 0 Å². The van der Waals surface area contributed by atoms with Gasteiger partial charge in [-0.2, -0.15) is 4.31 Å². The molecule has 0 amide bonds. The molecule has 1 aliphatic heterocycles. The fraction of sp³-hybridized carbons (Fsp3) is 0.636. The first-order valence-corrected chi connectivity index (χ1v) is 8.84. The van der Waals surface area contributed by atoms with Crippen molar-refractivity contribution in [2.75, 3.05) is 26.8 Å². The Balaban J connectivity index is 2.05. The number of hydrogen-bond donors (Lipinski definition) is 0. The van der Waals surface area contributed by atoms with Crippen LogP contribution >= 0.6 is 27.3 Å². The lowest BCUT2D eigenvalue weighted by atomic mass is 10.0. The average Bonchev–Trinajstić information content (AvgIpc) is 2.78. The topological polar surface area (TPSA) is 46.6 Å². The Hall–Kier alpha value is 0.0500. The van der Waals surface area contributed by atoms with Gasteiger partial charge in [-0.05, 0) is 46.8 Å². The summed E-state index contributed by atoms with van der Waals surface area (Å²) >= 11 is 4.53. The minimum Gasteiger partial charge on any atom is -0.381 e. The zero-order valence-corrected chi connectivity index (χ0v) is 13.4. The van der Waals surface area contributed by atoms with Crippen LogP contribution in [0.1, 0.15) is 12.8 Å². The van der Waals surface area contributed by atoms with Crippen LogP contribution in [0, 0.1) is 5.92 Å². The zero-order chi connectivity index (χ0) is 13.2. The van der Waals surface area contributed by atoms with E-state index in [2.05, 4.69) is 15.9 Å². The van der Waals surface area contributed by atoms with Crippen LogP contribution < -0.4 is 0 Å². The van der Waals surface area contributed by atoms with Crippen molar-refractivity contribution in [1.82, 2.24) is 4.31 Å². The molecule has 7 heteroatoms. The molecule has 1 atom stereocenters. The minimum atomic E-state index is -3.35. The largest absolute Gasteiger partial charge is 0.381 e. The van der Waals surface area contributed by atoms with Crippen LogP contribution in [0.3, 0.4) is 0 Å². The first-order valence-electron chi connectivity index (χ1n) is 5.79. The summed E-state index contributed by atoms with van der Waals surface area (Å²) in [6.07, 6.45) is 2.05. The third kappa shape index (κ3) is 3.33. The third-order valence-corrected chi connectivity index (χ3v) is 6.90. The van der Waals surface area contributed by atoms with Crippen molar-refractivity contribution >= 4 is 37.3 Å². The molecule has 18 heavy (non-hydrogen) atoms. The molecular formula is C11H16BrNO3S2. The van der Waals surface area contributed by atoms with Crippen LogP contribution in [0.4, 0.5) is 0 Å². The first kappa shape index (κ1) is 14.5. The normalized spacial score (nSPS) is 21.4. The quantitative estimate of drug-likeness (QED) is 0.835. The molecule has 1 fully saturated rings. The highest BCUT2D eigenvalue weighted by molar-refractivity contribution is 9.11. The van der Waals surface area contributed by atoms with Crippen LogP contribution in [-0.2, 0) is 14.8 Å². The molecule has 1 aromatic rings. The van der Waals surface area contributed by atoms with Gasteiger partial charge in [0.15, 0.2) is 0 Å². The van der Waals surface area contributed by atoms with Crippen molar-refractivity contribution < 1.29 is 13.2 Å². The van der Waals surface area contributed by atoms with Crippen molar-refractivity contribution in [3.8, 4) is 0 Å². The van der Waals surface area contributed by atoms with Gasteiger partial charge in [0.25, 0.3) is 10.0 Å². The van der Waals surface area contributed by atoms with E-state index in [9.17, 15) is 8.42 Å². The van der Waals surface area contributed by atoms with Gasteiger partial charge in [-0.25, -0.2) is 8.42 Å². The van der Waals surface area contributed by atoms with E-state index in [1.165, 1.54) is 15.6 Å². The fourth-order valence-electron chi connectivity index (χ4n) is 2.00. The maximum atomic E-state index is 12.3. The van der Waals surface area contributed by atoms with Crippen molar-refractivity contribution in [3.63, 3.8) is 0 Å². The molecule has 4 nitrogen and oxygen atoms in total. The van der Waals surface area contributed by atoms with E-state index in [4.69, 9.17) is 4.74 Å². The number of sulfonamides is 1. The Labute approximate surface area is 120 Å². The fourth-order valence-corrected chi connectivity index (χ4v) is 5.47. The number of rotatable bonds is 4. The molecule has 0 saturated carbocycles. The van der Waals surface area contributed by atoms with Gasteiger partial charge in [-0.15, -0.1) is 11.3 Å². The second kappa shape index (κ2) is 6.00. The van der Waals surface area contributed by atoms with Gasteiger partial charge < -0.3 is 4.74 Å². The highest BCUT2D eigenvalue weighted by Crippen LogP contribution is 2.28. The van der Waals surface area contributed by atoms with Crippen LogP contribution in [0.25, 0.3) is 0 Å². The number of nitrogens with zero attached hydrogens (tertiary/aromatic N) is 1. The smallest absolute Gasteiger partial charge is 0.252 e. The first-order chi connectivity index (χ1) is 8.50. The van der Waals surface area contributed by atoms with E-state index in [1.807, 2.05) is 0 Å². The molecule has 0 spiro atoms. The van der Waals surface area contributed by atoms with Crippen molar-refractivity contribution in [2.45, 2.75) is 17.1 Å². The lowest BCUT2D eigenvalue weighted by Crippen LogP contribution is -2.34. The Morgan fingerprint density at radius 3 is 2.89 bits per heavy atom. The van der Waals surface area contributed by atoms with Crippen molar-refractivity contribution in [2.24, 2.45) is 5.92 Å². The predicted molar refractivity (Wildman–Crippen MR) is 75.4 cm³/mol. The average molecular weight is 354 g/mol. The molecule has 1 unspecified atom stereocenters. The number of halogens is 1. The summed E-state index contributed by atoms with van der Waals surface area (Å²) < 4.78 is 32.6. The lowest BCUT2D eigenvalue weighted by Gasteiger charge is -2.26. The van der Waals surface area contributed by atoms with Crippen molar-refractivity contribution in [1.29, 1.82) is 0 Å². The molecule has 1 aliphatic rings. The number of ether oxygens (including phenoxy) is 1. The molecule has 0 aromatic carbocycles. The Bertz CT molecular complexity index is 494. The maximum Gasteiger partial charge on any atom is 0.252 e. The number of thiophene rings is 1. The highest BCUT2D eigenvalue weighted by atomic mass is 79.9. The SMILES string of the molecule is CN(CC1CCCOC1)S(=O)(=O)c1ccc(Br)s1. The molecule has 0 N–H and O–H groups in total. The van der Waals surface area contributed by atoms with E-state index in [0.29, 0.717) is 23.3 Å². The Morgan fingerprint density at radius 2 is 2.33 bits per heavy atom. The van der Waals surface area contributed by atoms with Gasteiger partial charge in [-0.1, -0.05) is 0 Å². The van der Waals surface area contributed by atoms with E-state index in [-0.39, 0.29) is 0 Å². The van der Waals surface area contributed by atoms with Crippen LogP contribution in [-0.4, -0.2) is 39.5 Å². The van der Waals surface area contributed by atoms with E-state index >= 15 is 0 Å². The predicted octanol–water partition coefficient (Wildman–Crippen LogP) is 2.56. The summed E-state index contributed by atoms with van der Waals surface area (Å²) in [5.41, 5.74) is 0. The van der Waals surface area contributed by atoms with E-state index in [0.717, 1.165) is 23.2 Å². The molecule has 1 aromatic heterocycles. The Kier molecular flexibility index (Phi) is 4.82. The summed E-state index contributed by atoms with van der Waals surface area (Å²) in [5.74, 6) is 0.307. The summed E-state index contributed by atoms with van der Waals surface area (Å²) in [6, 6.07) is 3.40. The van der Waals surface area contributed by atoms with Gasteiger partial charge in [0.1, 0.15) is 4.21 Å². The molecule has 1 saturated heterocycles. The zero-order valence-electron chi connectivity index (χ0n) is 10.1. The van der Waals surface area contributed by atoms with E-state index < -0.39 is 10.0 Å². The molecule has 2 heterocycles. The van der Waals surface area contributed by atoms with Gasteiger partial charge in [0, 0.05) is 20.2 Å². The second-order valence-corrected chi connectivity index (χ2v) is 9.16.